The zero-order chi connectivity index (χ0) is 12.4. The molecule has 1 saturated carbocycles. The van der Waals surface area contributed by atoms with Gasteiger partial charge in [0.2, 0.25) is 0 Å². The summed E-state index contributed by atoms with van der Waals surface area (Å²) in [6, 6.07) is 11.5. The largest absolute Gasteiger partial charge is 0.317 e. The maximum absolute atomic E-state index is 9.52. The van der Waals surface area contributed by atoms with Gasteiger partial charge < -0.3 is 5.32 Å². The fourth-order valence-electron chi connectivity index (χ4n) is 3.00. The molecule has 2 nitrogen and oxygen atoms in total. The molecule has 94 valence electrons. The van der Waals surface area contributed by atoms with Gasteiger partial charge in [-0.1, -0.05) is 24.3 Å². The second-order valence-electron chi connectivity index (χ2n) is 5.84. The number of benzene rings is 1. The van der Waals surface area contributed by atoms with Crippen molar-refractivity contribution in [3.63, 3.8) is 0 Å². The Morgan fingerprint density at radius 3 is 2.72 bits per heavy atom. The Labute approximate surface area is 109 Å². The van der Waals surface area contributed by atoms with Gasteiger partial charge in [-0.3, -0.25) is 0 Å². The topological polar surface area (TPSA) is 35.8 Å². The molecular formula is C16H20N2. The number of piperidine rings is 1. The normalized spacial score (nSPS) is 22.4. The van der Waals surface area contributed by atoms with Gasteiger partial charge in [-0.05, 0) is 62.2 Å². The summed E-state index contributed by atoms with van der Waals surface area (Å²) in [5.41, 5.74) is 2.70. The molecule has 0 radical (unpaired) electrons. The fraction of sp³-hybridized carbons (Fsp3) is 0.562. The average Bonchev–Trinajstić information content (AvgIpc) is 3.24. The number of hydrogen-bond acceptors (Lipinski definition) is 2. The lowest BCUT2D eigenvalue weighted by Gasteiger charge is -2.31. The van der Waals surface area contributed by atoms with E-state index in [2.05, 4.69) is 35.7 Å². The third-order valence-corrected chi connectivity index (χ3v) is 4.34. The predicted octanol–water partition coefficient (Wildman–Crippen LogP) is 3.00. The first kappa shape index (κ1) is 11.7. The minimum atomic E-state index is -0.132. The SMILES string of the molecule is N#CC1(Cc2cccc(C3CC3)c2)CCNCC1. The van der Waals surface area contributed by atoms with Crippen LogP contribution in [-0.2, 0) is 6.42 Å². The summed E-state index contributed by atoms with van der Waals surface area (Å²) in [7, 11) is 0. The highest BCUT2D eigenvalue weighted by molar-refractivity contribution is 5.30. The van der Waals surface area contributed by atoms with Crippen LogP contribution in [-0.4, -0.2) is 13.1 Å². The van der Waals surface area contributed by atoms with E-state index in [-0.39, 0.29) is 5.41 Å². The van der Waals surface area contributed by atoms with E-state index in [1.807, 2.05) is 0 Å². The molecule has 2 aliphatic rings. The molecule has 1 aromatic carbocycles. The Kier molecular flexibility index (Phi) is 3.09. The number of nitrogens with one attached hydrogen (secondary N) is 1. The summed E-state index contributed by atoms with van der Waals surface area (Å²) in [6.07, 6.45) is 5.58. The van der Waals surface area contributed by atoms with Crippen LogP contribution in [0.1, 0.15) is 42.7 Å². The summed E-state index contributed by atoms with van der Waals surface area (Å²) < 4.78 is 0. The van der Waals surface area contributed by atoms with Crippen molar-refractivity contribution in [3.05, 3.63) is 35.4 Å². The molecule has 2 heteroatoms. The van der Waals surface area contributed by atoms with Gasteiger partial charge in [0, 0.05) is 0 Å². The lowest BCUT2D eigenvalue weighted by Crippen LogP contribution is -2.37. The van der Waals surface area contributed by atoms with Gasteiger partial charge in [0.05, 0.1) is 11.5 Å². The Balaban J connectivity index is 1.78. The van der Waals surface area contributed by atoms with E-state index in [0.29, 0.717) is 0 Å². The minimum absolute atomic E-state index is 0.132. The molecule has 0 amide bonds. The molecule has 1 N–H and O–H groups in total. The Morgan fingerprint density at radius 2 is 2.06 bits per heavy atom. The van der Waals surface area contributed by atoms with Crippen LogP contribution in [0.15, 0.2) is 24.3 Å². The Bertz CT molecular complexity index is 462. The highest BCUT2D eigenvalue weighted by Crippen LogP contribution is 2.41. The first-order valence-corrected chi connectivity index (χ1v) is 7.02. The van der Waals surface area contributed by atoms with Gasteiger partial charge in [0.15, 0.2) is 0 Å². The van der Waals surface area contributed by atoms with Gasteiger partial charge in [0.1, 0.15) is 0 Å². The zero-order valence-corrected chi connectivity index (χ0v) is 10.8. The number of nitrogens with zero attached hydrogens (tertiary/aromatic N) is 1. The molecule has 0 aromatic heterocycles. The quantitative estimate of drug-likeness (QED) is 0.881. The molecule has 18 heavy (non-hydrogen) atoms. The van der Waals surface area contributed by atoms with Gasteiger partial charge >= 0.3 is 0 Å². The molecule has 1 saturated heterocycles. The van der Waals surface area contributed by atoms with Crippen LogP contribution in [0, 0.1) is 16.7 Å². The van der Waals surface area contributed by atoms with Crippen molar-refractivity contribution in [2.75, 3.05) is 13.1 Å². The number of hydrogen-bond donors (Lipinski definition) is 1. The molecule has 1 heterocycles. The van der Waals surface area contributed by atoms with Gasteiger partial charge in [-0.15, -0.1) is 0 Å². The van der Waals surface area contributed by atoms with Crippen molar-refractivity contribution in [1.82, 2.24) is 5.32 Å². The first-order valence-electron chi connectivity index (χ1n) is 7.02. The third-order valence-electron chi connectivity index (χ3n) is 4.34. The van der Waals surface area contributed by atoms with E-state index >= 15 is 0 Å². The van der Waals surface area contributed by atoms with Crippen molar-refractivity contribution >= 4 is 0 Å². The molecule has 1 aliphatic carbocycles. The summed E-state index contributed by atoms with van der Waals surface area (Å²) in [5.74, 6) is 0.802. The highest BCUT2D eigenvalue weighted by atomic mass is 14.9. The van der Waals surface area contributed by atoms with E-state index in [1.54, 1.807) is 0 Å². The maximum Gasteiger partial charge on any atom is 0.0694 e. The van der Waals surface area contributed by atoms with E-state index in [0.717, 1.165) is 38.3 Å². The average molecular weight is 240 g/mol. The van der Waals surface area contributed by atoms with Gasteiger partial charge in [-0.25, -0.2) is 0 Å². The van der Waals surface area contributed by atoms with Crippen LogP contribution in [0.25, 0.3) is 0 Å². The second-order valence-corrected chi connectivity index (χ2v) is 5.84. The van der Waals surface area contributed by atoms with Gasteiger partial charge in [0.25, 0.3) is 0 Å². The van der Waals surface area contributed by atoms with E-state index in [4.69, 9.17) is 0 Å². The molecule has 0 atom stereocenters. The number of rotatable bonds is 3. The monoisotopic (exact) mass is 240 g/mol. The lowest BCUT2D eigenvalue weighted by molar-refractivity contribution is 0.280. The van der Waals surface area contributed by atoms with Crippen LogP contribution >= 0.6 is 0 Å². The van der Waals surface area contributed by atoms with Crippen LogP contribution < -0.4 is 5.32 Å². The molecule has 0 bridgehead atoms. The minimum Gasteiger partial charge on any atom is -0.317 e. The number of nitriles is 1. The standard InChI is InChI=1S/C16H20N2/c17-12-16(6-8-18-9-7-16)11-13-2-1-3-15(10-13)14-4-5-14/h1-3,10,14,18H,4-9,11H2. The van der Waals surface area contributed by atoms with Crippen LogP contribution in [0.3, 0.4) is 0 Å². The predicted molar refractivity (Wildman–Crippen MR) is 72.3 cm³/mol. The van der Waals surface area contributed by atoms with Crippen LogP contribution in [0.5, 0.6) is 0 Å². The van der Waals surface area contributed by atoms with Crippen LogP contribution in [0.2, 0.25) is 0 Å². The lowest BCUT2D eigenvalue weighted by atomic mass is 9.75. The molecule has 1 aromatic rings. The Morgan fingerprint density at radius 1 is 1.28 bits per heavy atom. The van der Waals surface area contributed by atoms with Crippen molar-refractivity contribution in [2.24, 2.45) is 5.41 Å². The summed E-state index contributed by atoms with van der Waals surface area (Å²) >= 11 is 0. The van der Waals surface area contributed by atoms with Crippen LogP contribution in [0.4, 0.5) is 0 Å². The van der Waals surface area contributed by atoms with Gasteiger partial charge in [-0.2, -0.15) is 5.26 Å². The molecule has 0 unspecified atom stereocenters. The highest BCUT2D eigenvalue weighted by Gasteiger charge is 2.32. The molecular weight excluding hydrogens is 220 g/mol. The molecule has 0 spiro atoms. The summed E-state index contributed by atoms with van der Waals surface area (Å²) in [4.78, 5) is 0. The summed E-state index contributed by atoms with van der Waals surface area (Å²) in [6.45, 7) is 1.96. The van der Waals surface area contributed by atoms with Crippen molar-refractivity contribution in [1.29, 1.82) is 5.26 Å². The Hall–Kier alpha value is -1.33. The maximum atomic E-state index is 9.52. The fourth-order valence-corrected chi connectivity index (χ4v) is 3.00. The first-order chi connectivity index (χ1) is 8.81. The summed E-state index contributed by atoms with van der Waals surface area (Å²) in [5, 5.41) is 12.9. The van der Waals surface area contributed by atoms with Crippen molar-refractivity contribution < 1.29 is 0 Å². The third kappa shape index (κ3) is 2.42. The smallest absolute Gasteiger partial charge is 0.0694 e. The van der Waals surface area contributed by atoms with Crippen molar-refractivity contribution in [2.45, 2.75) is 38.0 Å². The molecule has 2 fully saturated rings. The molecule has 1 aliphatic heterocycles. The molecule has 3 rings (SSSR count). The van der Waals surface area contributed by atoms with Crippen molar-refractivity contribution in [3.8, 4) is 6.07 Å². The van der Waals surface area contributed by atoms with E-state index < -0.39 is 0 Å². The zero-order valence-electron chi connectivity index (χ0n) is 10.8. The van der Waals surface area contributed by atoms with E-state index in [9.17, 15) is 5.26 Å². The van der Waals surface area contributed by atoms with E-state index in [1.165, 1.54) is 24.0 Å². The second kappa shape index (κ2) is 4.74.